The smallest absolute Gasteiger partial charge is 0.374 e. The van der Waals surface area contributed by atoms with Gasteiger partial charge in [0.15, 0.2) is 0 Å². The Morgan fingerprint density at radius 3 is 2.67 bits per heavy atom. The second-order valence-electron chi connectivity index (χ2n) is 4.49. The molecule has 0 bridgehead atoms. The molecule has 1 aromatic carbocycles. The van der Waals surface area contributed by atoms with Crippen molar-refractivity contribution in [2.45, 2.75) is 11.5 Å². The highest BCUT2D eigenvalue weighted by Crippen LogP contribution is 2.28. The molecule has 0 aliphatic carbocycles. The second-order valence-corrected chi connectivity index (χ2v) is 5.33. The molecule has 0 aliphatic rings. The zero-order valence-electron chi connectivity index (χ0n) is 12.8. The summed E-state index contributed by atoms with van der Waals surface area (Å²) in [5.41, 5.74) is 0.212. The van der Waals surface area contributed by atoms with Crippen LogP contribution in [-0.4, -0.2) is 30.2 Å². The summed E-state index contributed by atoms with van der Waals surface area (Å²) in [5.74, 6) is -1.50. The number of furan rings is 1. The second kappa shape index (κ2) is 7.64. The van der Waals surface area contributed by atoms with Crippen molar-refractivity contribution in [1.29, 1.82) is 0 Å². The Labute approximate surface area is 140 Å². The number of rotatable bonds is 6. The molecule has 0 N–H and O–H groups in total. The van der Waals surface area contributed by atoms with Gasteiger partial charge in [-0.05, 0) is 24.5 Å². The fraction of sp³-hybridized carbons (Fsp3) is 0.200. The van der Waals surface area contributed by atoms with E-state index in [1.54, 1.807) is 6.26 Å². The molecule has 24 heavy (non-hydrogen) atoms. The molecular formula is C15H13NO7S. The van der Waals surface area contributed by atoms with E-state index in [0.717, 1.165) is 6.07 Å². The standard InChI is InChI=1S/C15H13NO7S/c1-21-15(18)13-10(5-6-22-13)8-23-14(17)9-3-4-12(24-2)11(7-9)16(19)20/h3-7H,8H2,1-2H3. The van der Waals surface area contributed by atoms with Gasteiger partial charge in [0.05, 0.1) is 28.8 Å². The number of nitro groups is 1. The molecule has 126 valence electrons. The lowest BCUT2D eigenvalue weighted by Crippen LogP contribution is -2.09. The quantitative estimate of drug-likeness (QED) is 0.338. The third-order valence-electron chi connectivity index (χ3n) is 3.09. The molecule has 0 saturated heterocycles. The molecule has 2 aromatic rings. The van der Waals surface area contributed by atoms with Crippen LogP contribution in [-0.2, 0) is 16.1 Å². The third-order valence-corrected chi connectivity index (χ3v) is 3.87. The van der Waals surface area contributed by atoms with Crippen molar-refractivity contribution in [2.75, 3.05) is 13.4 Å². The average molecular weight is 351 g/mol. The average Bonchev–Trinajstić information content (AvgIpc) is 3.06. The lowest BCUT2D eigenvalue weighted by molar-refractivity contribution is -0.387. The van der Waals surface area contributed by atoms with Gasteiger partial charge in [-0.15, -0.1) is 11.8 Å². The van der Waals surface area contributed by atoms with Gasteiger partial charge in [-0.25, -0.2) is 9.59 Å². The predicted molar refractivity (Wildman–Crippen MR) is 84.0 cm³/mol. The number of nitrogens with zero attached hydrogens (tertiary/aromatic N) is 1. The predicted octanol–water partition coefficient (Wildman–Crippen LogP) is 3.05. The molecule has 0 fully saturated rings. The first-order valence-electron chi connectivity index (χ1n) is 6.62. The molecule has 0 unspecified atom stereocenters. The molecule has 1 heterocycles. The number of ether oxygens (including phenoxy) is 2. The Bertz CT molecular complexity index is 784. The number of thioether (sulfide) groups is 1. The minimum atomic E-state index is -0.747. The Morgan fingerprint density at radius 2 is 2.04 bits per heavy atom. The summed E-state index contributed by atoms with van der Waals surface area (Å²) in [4.78, 5) is 34.4. The maximum absolute atomic E-state index is 12.1. The van der Waals surface area contributed by atoms with Crippen LogP contribution in [0.4, 0.5) is 5.69 Å². The molecule has 0 atom stereocenters. The van der Waals surface area contributed by atoms with Crippen molar-refractivity contribution < 1.29 is 28.4 Å². The number of nitro benzene ring substituents is 1. The van der Waals surface area contributed by atoms with Crippen molar-refractivity contribution in [3.8, 4) is 0 Å². The minimum absolute atomic E-state index is 0.0441. The first-order valence-corrected chi connectivity index (χ1v) is 7.84. The maximum atomic E-state index is 12.1. The van der Waals surface area contributed by atoms with E-state index in [2.05, 4.69) is 4.74 Å². The van der Waals surface area contributed by atoms with Crippen molar-refractivity contribution in [2.24, 2.45) is 0 Å². The van der Waals surface area contributed by atoms with Gasteiger partial charge in [0.1, 0.15) is 6.61 Å². The highest BCUT2D eigenvalue weighted by Gasteiger charge is 2.20. The van der Waals surface area contributed by atoms with E-state index in [-0.39, 0.29) is 23.6 Å². The summed E-state index contributed by atoms with van der Waals surface area (Å²) in [7, 11) is 1.20. The molecule has 0 spiro atoms. The van der Waals surface area contributed by atoms with Crippen LogP contribution in [0.15, 0.2) is 39.8 Å². The Balaban J connectivity index is 2.14. The van der Waals surface area contributed by atoms with Crippen LogP contribution in [0.25, 0.3) is 0 Å². The van der Waals surface area contributed by atoms with Gasteiger partial charge in [-0.2, -0.15) is 0 Å². The topological polar surface area (TPSA) is 109 Å². The summed E-state index contributed by atoms with van der Waals surface area (Å²) in [6.45, 7) is -0.224. The van der Waals surface area contributed by atoms with Crippen LogP contribution in [0.2, 0.25) is 0 Å². The van der Waals surface area contributed by atoms with E-state index in [1.807, 2.05) is 0 Å². The number of carbonyl (C=O) groups is 2. The minimum Gasteiger partial charge on any atom is -0.463 e. The number of benzene rings is 1. The highest BCUT2D eigenvalue weighted by atomic mass is 32.2. The first-order chi connectivity index (χ1) is 11.5. The molecular weight excluding hydrogens is 338 g/mol. The van der Waals surface area contributed by atoms with Crippen LogP contribution < -0.4 is 0 Å². The van der Waals surface area contributed by atoms with Gasteiger partial charge < -0.3 is 13.9 Å². The van der Waals surface area contributed by atoms with Gasteiger partial charge in [-0.3, -0.25) is 10.1 Å². The van der Waals surface area contributed by atoms with Gasteiger partial charge in [0.2, 0.25) is 5.76 Å². The van der Waals surface area contributed by atoms with Crippen LogP contribution in [0, 0.1) is 10.1 Å². The van der Waals surface area contributed by atoms with E-state index in [9.17, 15) is 19.7 Å². The Kier molecular flexibility index (Phi) is 5.59. The van der Waals surface area contributed by atoms with E-state index in [4.69, 9.17) is 9.15 Å². The van der Waals surface area contributed by atoms with Crippen molar-refractivity contribution in [1.82, 2.24) is 0 Å². The summed E-state index contributed by atoms with van der Waals surface area (Å²) >= 11 is 1.21. The molecule has 2 rings (SSSR count). The van der Waals surface area contributed by atoms with Crippen LogP contribution in [0.3, 0.4) is 0 Å². The molecule has 0 saturated carbocycles. The molecule has 0 amide bonds. The lowest BCUT2D eigenvalue weighted by atomic mass is 10.2. The molecule has 0 radical (unpaired) electrons. The molecule has 9 heteroatoms. The number of hydrogen-bond acceptors (Lipinski definition) is 8. The van der Waals surface area contributed by atoms with E-state index in [0.29, 0.717) is 10.5 Å². The fourth-order valence-corrected chi connectivity index (χ4v) is 2.45. The number of methoxy groups -OCH3 is 1. The van der Waals surface area contributed by atoms with Crippen molar-refractivity contribution in [3.05, 3.63) is 57.5 Å². The van der Waals surface area contributed by atoms with Crippen LogP contribution in [0.5, 0.6) is 0 Å². The van der Waals surface area contributed by atoms with Crippen molar-refractivity contribution in [3.63, 3.8) is 0 Å². The van der Waals surface area contributed by atoms with E-state index >= 15 is 0 Å². The van der Waals surface area contributed by atoms with Crippen LogP contribution >= 0.6 is 11.8 Å². The zero-order valence-corrected chi connectivity index (χ0v) is 13.6. The van der Waals surface area contributed by atoms with E-state index in [1.165, 1.54) is 43.3 Å². The summed E-state index contributed by atoms with van der Waals surface area (Å²) in [6, 6.07) is 5.55. The largest absolute Gasteiger partial charge is 0.463 e. The van der Waals surface area contributed by atoms with Gasteiger partial charge in [0, 0.05) is 11.6 Å². The summed E-state index contributed by atoms with van der Waals surface area (Å²) in [5, 5.41) is 11.0. The van der Waals surface area contributed by atoms with Gasteiger partial charge in [0.25, 0.3) is 5.69 Å². The fourth-order valence-electron chi connectivity index (χ4n) is 1.91. The molecule has 0 aliphatic heterocycles. The SMILES string of the molecule is COC(=O)c1occc1COC(=O)c1ccc(SC)c([N+](=O)[O-])c1. The third kappa shape index (κ3) is 3.74. The highest BCUT2D eigenvalue weighted by molar-refractivity contribution is 7.98. The van der Waals surface area contributed by atoms with Crippen LogP contribution in [0.1, 0.15) is 26.5 Å². The lowest BCUT2D eigenvalue weighted by Gasteiger charge is -2.06. The van der Waals surface area contributed by atoms with Crippen molar-refractivity contribution >= 4 is 29.4 Å². The monoisotopic (exact) mass is 351 g/mol. The van der Waals surface area contributed by atoms with Gasteiger partial charge in [-0.1, -0.05) is 0 Å². The molecule has 1 aromatic heterocycles. The normalized spacial score (nSPS) is 10.2. The number of carbonyl (C=O) groups excluding carboxylic acids is 2. The maximum Gasteiger partial charge on any atom is 0.374 e. The van der Waals surface area contributed by atoms with E-state index < -0.39 is 16.9 Å². The Morgan fingerprint density at radius 1 is 1.29 bits per heavy atom. The zero-order chi connectivity index (χ0) is 17.7. The summed E-state index contributed by atoms with van der Waals surface area (Å²) < 4.78 is 14.6. The van der Waals surface area contributed by atoms with Gasteiger partial charge >= 0.3 is 11.9 Å². The molecule has 8 nitrogen and oxygen atoms in total. The number of hydrogen-bond donors (Lipinski definition) is 0. The first kappa shape index (κ1) is 17.5. The summed E-state index contributed by atoms with van der Waals surface area (Å²) in [6.07, 6.45) is 2.97. The Hall–Kier alpha value is -2.81. The number of esters is 2.